The highest BCUT2D eigenvalue weighted by molar-refractivity contribution is 7.10. The molecule has 0 aliphatic carbocycles. The molecule has 1 aliphatic rings. The van der Waals surface area contributed by atoms with Crippen molar-refractivity contribution in [2.24, 2.45) is 0 Å². The van der Waals surface area contributed by atoms with E-state index in [1.165, 1.54) is 11.1 Å². The van der Waals surface area contributed by atoms with Crippen LogP contribution in [0.5, 0.6) is 0 Å². The standard InChI is InChI=1S/C23H23ClN2OS/c24-20-10-8-19(9-11-20)23(18-5-2-1-3-6-18)26-14-12-25(13-15-26)22(27)17-21-7-4-16-28-21/h1-11,16,23H,12-15,17H2/t23-/m1/s1. The summed E-state index contributed by atoms with van der Waals surface area (Å²) in [5.74, 6) is 0.227. The van der Waals surface area contributed by atoms with Gasteiger partial charge in [0.25, 0.3) is 0 Å². The van der Waals surface area contributed by atoms with Gasteiger partial charge in [-0.3, -0.25) is 9.69 Å². The van der Waals surface area contributed by atoms with Crippen LogP contribution in [-0.2, 0) is 11.2 Å². The van der Waals surface area contributed by atoms with Crippen LogP contribution < -0.4 is 0 Å². The molecular formula is C23H23ClN2OS. The van der Waals surface area contributed by atoms with Crippen molar-refractivity contribution in [2.75, 3.05) is 26.2 Å². The second kappa shape index (κ2) is 8.91. The number of rotatable bonds is 5. The van der Waals surface area contributed by atoms with Gasteiger partial charge in [-0.25, -0.2) is 0 Å². The van der Waals surface area contributed by atoms with E-state index in [9.17, 15) is 4.79 Å². The molecule has 144 valence electrons. The summed E-state index contributed by atoms with van der Waals surface area (Å²) in [6.45, 7) is 3.25. The van der Waals surface area contributed by atoms with Crippen molar-refractivity contribution in [2.45, 2.75) is 12.5 Å². The predicted molar refractivity (Wildman–Crippen MR) is 116 cm³/mol. The van der Waals surface area contributed by atoms with E-state index in [1.54, 1.807) is 11.3 Å². The van der Waals surface area contributed by atoms with Crippen molar-refractivity contribution >= 4 is 28.8 Å². The molecule has 0 unspecified atom stereocenters. The molecule has 0 spiro atoms. The smallest absolute Gasteiger partial charge is 0.227 e. The van der Waals surface area contributed by atoms with E-state index in [-0.39, 0.29) is 11.9 Å². The highest BCUT2D eigenvalue weighted by Crippen LogP contribution is 2.30. The Morgan fingerprint density at radius 1 is 0.893 bits per heavy atom. The molecule has 28 heavy (non-hydrogen) atoms. The molecule has 5 heteroatoms. The average molecular weight is 411 g/mol. The number of hydrogen-bond donors (Lipinski definition) is 0. The van der Waals surface area contributed by atoms with Gasteiger partial charge in [0.2, 0.25) is 5.91 Å². The maximum Gasteiger partial charge on any atom is 0.227 e. The Bertz CT molecular complexity index is 888. The van der Waals surface area contributed by atoms with Crippen LogP contribution in [0.1, 0.15) is 22.0 Å². The summed E-state index contributed by atoms with van der Waals surface area (Å²) in [5.41, 5.74) is 2.50. The molecule has 1 fully saturated rings. The molecule has 1 atom stereocenters. The second-order valence-electron chi connectivity index (χ2n) is 7.04. The zero-order valence-corrected chi connectivity index (χ0v) is 17.2. The van der Waals surface area contributed by atoms with Crippen LogP contribution >= 0.6 is 22.9 Å². The fraction of sp³-hybridized carbons (Fsp3) is 0.261. The Hall–Kier alpha value is -2.14. The molecule has 4 rings (SSSR count). The van der Waals surface area contributed by atoms with Crippen molar-refractivity contribution in [3.05, 3.63) is 93.1 Å². The highest BCUT2D eigenvalue weighted by atomic mass is 35.5. The number of thiophene rings is 1. The largest absolute Gasteiger partial charge is 0.340 e. The first-order chi connectivity index (χ1) is 13.7. The summed E-state index contributed by atoms with van der Waals surface area (Å²) >= 11 is 7.75. The Kier molecular flexibility index (Phi) is 6.10. The van der Waals surface area contributed by atoms with Crippen LogP contribution in [0, 0.1) is 0 Å². The second-order valence-corrected chi connectivity index (χ2v) is 8.51. The van der Waals surface area contributed by atoms with E-state index in [0.717, 1.165) is 36.1 Å². The first-order valence-electron chi connectivity index (χ1n) is 9.55. The van der Waals surface area contributed by atoms with Gasteiger partial charge in [0.05, 0.1) is 12.5 Å². The number of benzene rings is 2. The highest BCUT2D eigenvalue weighted by Gasteiger charge is 2.28. The van der Waals surface area contributed by atoms with Crippen LogP contribution in [0.15, 0.2) is 72.1 Å². The molecule has 0 radical (unpaired) electrons. The van der Waals surface area contributed by atoms with Crippen molar-refractivity contribution in [3.63, 3.8) is 0 Å². The lowest BCUT2D eigenvalue weighted by molar-refractivity contribution is -0.132. The summed E-state index contributed by atoms with van der Waals surface area (Å²) < 4.78 is 0. The Morgan fingerprint density at radius 3 is 2.21 bits per heavy atom. The average Bonchev–Trinajstić information content (AvgIpc) is 3.24. The minimum absolute atomic E-state index is 0.174. The Labute approximate surface area is 175 Å². The number of halogens is 1. The third kappa shape index (κ3) is 4.46. The van der Waals surface area contributed by atoms with Crippen molar-refractivity contribution in [1.29, 1.82) is 0 Å². The molecule has 2 heterocycles. The van der Waals surface area contributed by atoms with E-state index in [2.05, 4.69) is 41.3 Å². The van der Waals surface area contributed by atoms with Crippen molar-refractivity contribution < 1.29 is 4.79 Å². The van der Waals surface area contributed by atoms with Gasteiger partial charge in [0, 0.05) is 36.1 Å². The van der Waals surface area contributed by atoms with E-state index in [4.69, 9.17) is 11.6 Å². The van der Waals surface area contributed by atoms with E-state index >= 15 is 0 Å². The van der Waals surface area contributed by atoms with Crippen LogP contribution in [0.2, 0.25) is 5.02 Å². The topological polar surface area (TPSA) is 23.6 Å². The summed E-state index contributed by atoms with van der Waals surface area (Å²) in [6, 6.07) is 22.9. The number of nitrogens with zero attached hydrogens (tertiary/aromatic N) is 2. The fourth-order valence-electron chi connectivity index (χ4n) is 3.80. The molecule has 0 saturated carbocycles. The molecule has 1 aromatic heterocycles. The van der Waals surface area contributed by atoms with Crippen LogP contribution in [-0.4, -0.2) is 41.9 Å². The summed E-state index contributed by atoms with van der Waals surface area (Å²) in [4.78, 5) is 18.2. The van der Waals surface area contributed by atoms with Crippen LogP contribution in [0.3, 0.4) is 0 Å². The Balaban J connectivity index is 1.48. The fourth-order valence-corrected chi connectivity index (χ4v) is 4.62. The maximum absolute atomic E-state index is 12.6. The summed E-state index contributed by atoms with van der Waals surface area (Å²) in [6.07, 6.45) is 0.511. The van der Waals surface area contributed by atoms with Gasteiger partial charge >= 0.3 is 0 Å². The minimum Gasteiger partial charge on any atom is -0.340 e. The molecular weight excluding hydrogens is 388 g/mol. The monoisotopic (exact) mass is 410 g/mol. The van der Waals surface area contributed by atoms with Crippen LogP contribution in [0.4, 0.5) is 0 Å². The van der Waals surface area contributed by atoms with E-state index < -0.39 is 0 Å². The SMILES string of the molecule is O=C(Cc1cccs1)N1CCN([C@H](c2ccccc2)c2ccc(Cl)cc2)CC1. The van der Waals surface area contributed by atoms with Gasteiger partial charge in [0.15, 0.2) is 0 Å². The number of carbonyl (C=O) groups is 1. The van der Waals surface area contributed by atoms with Crippen LogP contribution in [0.25, 0.3) is 0 Å². The maximum atomic E-state index is 12.6. The molecule has 3 aromatic rings. The van der Waals surface area contributed by atoms with Gasteiger partial charge in [-0.1, -0.05) is 60.1 Å². The molecule has 0 N–H and O–H groups in total. The number of amides is 1. The number of carbonyl (C=O) groups excluding carboxylic acids is 1. The lowest BCUT2D eigenvalue weighted by atomic mass is 9.96. The van der Waals surface area contributed by atoms with Gasteiger partial charge in [0.1, 0.15) is 0 Å². The molecule has 1 saturated heterocycles. The summed E-state index contributed by atoms with van der Waals surface area (Å²) in [7, 11) is 0. The number of piperazine rings is 1. The number of hydrogen-bond acceptors (Lipinski definition) is 3. The zero-order chi connectivity index (χ0) is 19.3. The molecule has 1 aliphatic heterocycles. The lowest BCUT2D eigenvalue weighted by Crippen LogP contribution is -2.50. The molecule has 3 nitrogen and oxygen atoms in total. The third-order valence-corrected chi connectivity index (χ3v) is 6.37. The third-order valence-electron chi connectivity index (χ3n) is 5.24. The van der Waals surface area contributed by atoms with E-state index in [1.807, 2.05) is 40.6 Å². The molecule has 0 bridgehead atoms. The van der Waals surface area contributed by atoms with Crippen molar-refractivity contribution in [1.82, 2.24) is 9.80 Å². The quantitative estimate of drug-likeness (QED) is 0.598. The van der Waals surface area contributed by atoms with Gasteiger partial charge < -0.3 is 4.90 Å². The zero-order valence-electron chi connectivity index (χ0n) is 15.6. The van der Waals surface area contributed by atoms with Gasteiger partial charge in [-0.2, -0.15) is 0 Å². The first kappa shape index (κ1) is 19.2. The molecule has 1 amide bonds. The normalized spacial score (nSPS) is 16.1. The molecule has 2 aromatic carbocycles. The minimum atomic E-state index is 0.174. The summed E-state index contributed by atoms with van der Waals surface area (Å²) in [5, 5.41) is 2.77. The van der Waals surface area contributed by atoms with Gasteiger partial charge in [-0.05, 0) is 34.7 Å². The Morgan fingerprint density at radius 2 is 1.57 bits per heavy atom. The predicted octanol–water partition coefficient (Wildman–Crippen LogP) is 4.88. The van der Waals surface area contributed by atoms with Gasteiger partial charge in [-0.15, -0.1) is 11.3 Å². The van der Waals surface area contributed by atoms with E-state index in [0.29, 0.717) is 6.42 Å². The lowest BCUT2D eigenvalue weighted by Gasteiger charge is -2.39. The van der Waals surface area contributed by atoms with Crippen molar-refractivity contribution in [3.8, 4) is 0 Å². The first-order valence-corrected chi connectivity index (χ1v) is 10.8.